The molecule has 1 aliphatic heterocycles. The Kier molecular flexibility index (Phi) is 6.68. The molecule has 4 N–H and O–H groups in total. The number of benzene rings is 3. The van der Waals surface area contributed by atoms with Gasteiger partial charge in [-0.2, -0.15) is 10.5 Å². The molecule has 1 aromatic heterocycles. The fourth-order valence-electron chi connectivity index (χ4n) is 5.62. The van der Waals surface area contributed by atoms with E-state index in [9.17, 15) is 16.3 Å². The molecular weight excluding hydrogens is 563 g/mol. The Bertz CT molecular complexity index is 1850. The zero-order valence-electron chi connectivity index (χ0n) is 24.0. The number of aromatic nitrogens is 1. The van der Waals surface area contributed by atoms with Crippen LogP contribution in [0.1, 0.15) is 49.4 Å². The van der Waals surface area contributed by atoms with E-state index in [0.717, 1.165) is 24.8 Å². The van der Waals surface area contributed by atoms with Crippen LogP contribution in [0.2, 0.25) is 5.02 Å². The number of rotatable bonds is 9. The van der Waals surface area contributed by atoms with Gasteiger partial charge in [-0.3, -0.25) is 9.99 Å². The van der Waals surface area contributed by atoms with Crippen LogP contribution in [0.4, 0.5) is 15.8 Å². The summed E-state index contributed by atoms with van der Waals surface area (Å²) < 4.78 is 23.6. The van der Waals surface area contributed by atoms with Crippen molar-refractivity contribution in [3.63, 3.8) is 0 Å². The van der Waals surface area contributed by atoms with E-state index in [1.165, 1.54) is 18.3 Å². The summed E-state index contributed by atoms with van der Waals surface area (Å²) in [5, 5.41) is 29.5. The van der Waals surface area contributed by atoms with Gasteiger partial charge in [0.25, 0.3) is 0 Å². The Hall–Kier alpha value is -4.83. The van der Waals surface area contributed by atoms with Gasteiger partial charge >= 0.3 is 0 Å². The summed E-state index contributed by atoms with van der Waals surface area (Å²) in [7, 11) is 0. The fraction of sp³-hybridized carbons (Fsp3) is 0.242. The van der Waals surface area contributed by atoms with Gasteiger partial charge in [-0.25, -0.2) is 4.39 Å². The van der Waals surface area contributed by atoms with E-state index in [1.807, 2.05) is 47.6 Å². The van der Waals surface area contributed by atoms with Crippen molar-refractivity contribution in [2.75, 3.05) is 10.6 Å². The first-order valence-corrected chi connectivity index (χ1v) is 14.6. The van der Waals surface area contributed by atoms with Crippen LogP contribution in [-0.2, 0) is 0 Å². The lowest BCUT2D eigenvalue weighted by Crippen LogP contribution is -2.38. The number of halogens is 2. The summed E-state index contributed by atoms with van der Waals surface area (Å²) in [4.78, 5) is 4.50. The van der Waals surface area contributed by atoms with E-state index < -0.39 is 11.8 Å². The molecule has 0 bridgehead atoms. The molecule has 2 fully saturated rings. The third-order valence-corrected chi connectivity index (χ3v) is 8.43. The number of pyridine rings is 1. The lowest BCUT2D eigenvalue weighted by molar-refractivity contribution is 0.260. The molecule has 4 aromatic rings. The van der Waals surface area contributed by atoms with E-state index in [2.05, 4.69) is 38.7 Å². The molecule has 0 radical (unpaired) electrons. The number of hydrazine groups is 2. The smallest absolute Gasteiger partial charge is 0.123 e. The third-order valence-electron chi connectivity index (χ3n) is 8.14. The Balaban J connectivity index is 1.32. The third kappa shape index (κ3) is 5.41. The van der Waals surface area contributed by atoms with E-state index in [-0.39, 0.29) is 17.9 Å². The number of nitrogens with one attached hydrogen (secondary N) is 4. The fourth-order valence-corrected chi connectivity index (χ4v) is 5.89. The van der Waals surface area contributed by atoms with Crippen molar-refractivity contribution in [2.24, 2.45) is 11.8 Å². The molecule has 0 amide bonds. The minimum Gasteiger partial charge on any atom is -0.376 e. The first-order valence-electron chi connectivity index (χ1n) is 14.7. The van der Waals surface area contributed by atoms with Crippen molar-refractivity contribution < 1.29 is 5.76 Å². The number of nitriles is 2. The van der Waals surface area contributed by atoms with Crippen molar-refractivity contribution in [3.8, 4) is 12.1 Å². The van der Waals surface area contributed by atoms with Crippen molar-refractivity contribution in [1.29, 1.82) is 10.5 Å². The van der Waals surface area contributed by atoms with Crippen molar-refractivity contribution in [2.45, 2.75) is 37.4 Å². The predicted molar refractivity (Wildman–Crippen MR) is 163 cm³/mol. The Morgan fingerprint density at radius 2 is 1.86 bits per heavy atom. The number of hydrogen-bond acceptors (Lipinski definition) is 8. The van der Waals surface area contributed by atoms with Crippen LogP contribution in [0, 0.1) is 40.3 Å². The maximum atomic E-state index is 13.9. The quantitative estimate of drug-likeness (QED) is 0.170. The molecule has 8 nitrogen and oxygen atoms in total. The molecule has 43 heavy (non-hydrogen) atoms. The zero-order chi connectivity index (χ0) is 30.4. The van der Waals surface area contributed by atoms with Crippen LogP contribution in [0.5, 0.6) is 0 Å². The standard InChI is InChI=1S/C33H28ClFN8/c34-28-14-24(39-32(20-6-8-23(35)9-7-20)29-18-43(42-41-29)25-10-11-25)13-27-31(22(16-37)17-38-33(27)28)40-30(26-12-21(26)15-36)19-4-2-1-3-5-19/h1-9,13-14,17-18,21,25-26,30,32,39,41-42H,10-12H2,(H,38,40)/t21-,26?,30+,32?/m1/s1/i32D. The Morgan fingerprint density at radius 3 is 2.56 bits per heavy atom. The van der Waals surface area contributed by atoms with Crippen molar-refractivity contribution in [1.82, 2.24) is 21.0 Å². The number of fused-ring (bicyclic) bond motifs is 1. The molecule has 2 aliphatic carbocycles. The second kappa shape index (κ2) is 11.1. The molecule has 3 aliphatic rings. The van der Waals surface area contributed by atoms with Crippen LogP contribution in [0.15, 0.2) is 84.8 Å². The van der Waals surface area contributed by atoms with Crippen LogP contribution in [0.3, 0.4) is 0 Å². The summed E-state index contributed by atoms with van der Waals surface area (Å²) in [5.74, 6) is -0.401. The number of nitrogens with zero attached hydrogens (tertiary/aromatic N) is 4. The summed E-state index contributed by atoms with van der Waals surface area (Å²) >= 11 is 6.81. The molecule has 2 heterocycles. The van der Waals surface area contributed by atoms with Crippen LogP contribution in [-0.4, -0.2) is 16.0 Å². The first-order chi connectivity index (χ1) is 21.4. The topological polar surface area (TPSA) is 112 Å². The maximum Gasteiger partial charge on any atom is 0.123 e. The highest BCUT2D eigenvalue weighted by Crippen LogP contribution is 2.49. The number of hydrogen-bond donors (Lipinski definition) is 4. The van der Waals surface area contributed by atoms with Gasteiger partial charge in [-0.05, 0) is 54.7 Å². The van der Waals surface area contributed by atoms with Gasteiger partial charge in [0.15, 0.2) is 0 Å². The molecule has 10 heteroatoms. The second-order valence-electron chi connectivity index (χ2n) is 11.1. The van der Waals surface area contributed by atoms with Crippen LogP contribution in [0.25, 0.3) is 10.9 Å². The molecule has 2 unspecified atom stereocenters. The van der Waals surface area contributed by atoms with E-state index in [0.29, 0.717) is 50.2 Å². The molecule has 214 valence electrons. The van der Waals surface area contributed by atoms with Crippen LogP contribution < -0.4 is 21.6 Å². The zero-order valence-corrected chi connectivity index (χ0v) is 23.7. The summed E-state index contributed by atoms with van der Waals surface area (Å²) in [6, 6.07) is 22.4. The number of anilines is 2. The minimum atomic E-state index is -1.56. The van der Waals surface area contributed by atoms with E-state index >= 15 is 0 Å². The Morgan fingerprint density at radius 1 is 1.07 bits per heavy atom. The van der Waals surface area contributed by atoms with Crippen LogP contribution >= 0.6 is 11.6 Å². The Labute approximate surface area is 255 Å². The van der Waals surface area contributed by atoms with Crippen molar-refractivity contribution in [3.05, 3.63) is 112 Å². The molecule has 3 aromatic carbocycles. The highest BCUT2D eigenvalue weighted by atomic mass is 35.5. The summed E-state index contributed by atoms with van der Waals surface area (Å²) in [5.41, 5.74) is 10.2. The van der Waals surface area contributed by atoms with Gasteiger partial charge in [0.05, 0.1) is 52.9 Å². The monoisotopic (exact) mass is 591 g/mol. The molecule has 4 atom stereocenters. The SMILES string of the molecule is [2H]C(Nc1cc(Cl)c2ncc(C#N)c(N[C@@H](c3ccccc3)C3C[C@@H]3C#N)c2c1)(C1=CN(C2CC2)NN1)c1ccc(F)cc1. The predicted octanol–water partition coefficient (Wildman–Crippen LogP) is 6.69. The first kappa shape index (κ1) is 25.8. The largest absolute Gasteiger partial charge is 0.376 e. The van der Waals surface area contributed by atoms with Crippen molar-refractivity contribution >= 4 is 33.9 Å². The van der Waals surface area contributed by atoms with Gasteiger partial charge in [0, 0.05) is 35.4 Å². The minimum absolute atomic E-state index is 0.0793. The summed E-state index contributed by atoms with van der Waals surface area (Å²) in [6.45, 7) is 0. The maximum absolute atomic E-state index is 13.9. The molecule has 7 rings (SSSR count). The average molecular weight is 592 g/mol. The molecule has 0 spiro atoms. The highest BCUT2D eigenvalue weighted by molar-refractivity contribution is 6.35. The molecule has 0 saturated heterocycles. The van der Waals surface area contributed by atoms with Gasteiger partial charge < -0.3 is 16.1 Å². The molecular formula is C33H28ClFN8. The second-order valence-corrected chi connectivity index (χ2v) is 11.5. The highest BCUT2D eigenvalue weighted by Gasteiger charge is 2.44. The average Bonchev–Trinajstić information content (AvgIpc) is 3.98. The van der Waals surface area contributed by atoms with Gasteiger partial charge in [0.2, 0.25) is 0 Å². The summed E-state index contributed by atoms with van der Waals surface area (Å²) in [6.07, 6.45) is 6.22. The van der Waals surface area contributed by atoms with Gasteiger partial charge in [-0.1, -0.05) is 54.1 Å². The van der Waals surface area contributed by atoms with Gasteiger partial charge in [-0.15, -0.1) is 5.53 Å². The van der Waals surface area contributed by atoms with E-state index in [4.69, 9.17) is 11.6 Å². The van der Waals surface area contributed by atoms with Gasteiger partial charge in [0.1, 0.15) is 11.9 Å². The molecule has 2 saturated carbocycles. The lowest BCUT2D eigenvalue weighted by Gasteiger charge is -2.24. The lowest BCUT2D eigenvalue weighted by atomic mass is 9.99. The normalized spacial score (nSPS) is 21.4. The van der Waals surface area contributed by atoms with E-state index in [1.54, 1.807) is 18.2 Å².